The Labute approximate surface area is 98.7 Å². The Balaban J connectivity index is 2.98. The van der Waals surface area contributed by atoms with Crippen LogP contribution in [0.4, 0.5) is 4.39 Å². The highest BCUT2D eigenvalue weighted by Gasteiger charge is 2.34. The molecule has 1 aromatic rings. The molecule has 2 atom stereocenters. The highest BCUT2D eigenvalue weighted by Crippen LogP contribution is 2.55. The Kier molecular flexibility index (Phi) is 4.80. The summed E-state index contributed by atoms with van der Waals surface area (Å²) in [6.07, 6.45) is -0.470. The molecule has 0 saturated heterocycles. The van der Waals surface area contributed by atoms with Crippen LogP contribution < -0.4 is 5.48 Å². The van der Waals surface area contributed by atoms with Gasteiger partial charge in [-0.05, 0) is 31.5 Å². The van der Waals surface area contributed by atoms with Crippen LogP contribution in [0.3, 0.4) is 0 Å². The van der Waals surface area contributed by atoms with E-state index in [0.29, 0.717) is 0 Å². The van der Waals surface area contributed by atoms with Gasteiger partial charge in [-0.3, -0.25) is 4.57 Å². The Morgan fingerprint density at radius 3 is 2.29 bits per heavy atom. The van der Waals surface area contributed by atoms with Gasteiger partial charge in [0.2, 0.25) is 0 Å². The van der Waals surface area contributed by atoms with Crippen LogP contribution in [-0.4, -0.2) is 16.2 Å². The van der Waals surface area contributed by atoms with Crippen molar-refractivity contribution in [1.29, 1.82) is 0 Å². The molecule has 7 heteroatoms. The molecular formula is C10H15FNO4P. The number of hydrogen-bond donors (Lipinski definition) is 3. The minimum atomic E-state index is -4.08. The van der Waals surface area contributed by atoms with Crippen LogP contribution in [0.5, 0.6) is 0 Å². The fourth-order valence-corrected chi connectivity index (χ4v) is 2.76. The van der Waals surface area contributed by atoms with Gasteiger partial charge in [-0.1, -0.05) is 12.1 Å². The van der Waals surface area contributed by atoms with E-state index in [1.807, 2.05) is 0 Å². The summed E-state index contributed by atoms with van der Waals surface area (Å²) in [6, 6.07) is 4.87. The summed E-state index contributed by atoms with van der Waals surface area (Å²) in [5.74, 6) is -1.77. The third-order valence-corrected chi connectivity index (χ3v) is 3.79. The van der Waals surface area contributed by atoms with E-state index in [4.69, 9.17) is 9.73 Å². The molecule has 2 unspecified atom stereocenters. The maximum Gasteiger partial charge on any atom is 0.351 e. The lowest BCUT2D eigenvalue weighted by molar-refractivity contribution is 0.125. The maximum atomic E-state index is 12.7. The minimum Gasteiger partial charge on any atom is -0.323 e. The van der Waals surface area contributed by atoms with Crippen LogP contribution in [0.2, 0.25) is 0 Å². The number of hydroxylamine groups is 1. The number of rotatable bonds is 5. The molecule has 5 nitrogen and oxygen atoms in total. The third-order valence-electron chi connectivity index (χ3n) is 2.00. The van der Waals surface area contributed by atoms with Crippen molar-refractivity contribution in [2.45, 2.75) is 25.7 Å². The molecule has 96 valence electrons. The molecule has 0 heterocycles. The zero-order valence-electron chi connectivity index (χ0n) is 9.50. The van der Waals surface area contributed by atoms with E-state index in [2.05, 4.69) is 0 Å². The van der Waals surface area contributed by atoms with Crippen molar-refractivity contribution in [2.24, 2.45) is 0 Å². The lowest BCUT2D eigenvalue weighted by atomic mass is 10.2. The van der Waals surface area contributed by atoms with Crippen molar-refractivity contribution in [3.63, 3.8) is 0 Å². The molecular weight excluding hydrogens is 248 g/mol. The van der Waals surface area contributed by atoms with Gasteiger partial charge < -0.3 is 14.6 Å². The second-order valence-corrected chi connectivity index (χ2v) is 5.66. The molecule has 0 spiro atoms. The van der Waals surface area contributed by atoms with Gasteiger partial charge in [-0.15, -0.1) is 0 Å². The van der Waals surface area contributed by atoms with Crippen LogP contribution in [-0.2, 0) is 9.09 Å². The molecule has 1 aromatic carbocycles. The summed E-state index contributed by atoms with van der Waals surface area (Å²) in [5, 5.41) is 8.94. The van der Waals surface area contributed by atoms with Gasteiger partial charge in [0.25, 0.3) is 0 Å². The topological polar surface area (TPSA) is 78.8 Å². The Hall–Kier alpha value is -0.780. The molecule has 0 amide bonds. The molecule has 0 aromatic heterocycles. The number of halogens is 1. The minimum absolute atomic E-state index is 0.264. The van der Waals surface area contributed by atoms with E-state index in [1.165, 1.54) is 12.1 Å². The van der Waals surface area contributed by atoms with Crippen molar-refractivity contribution in [2.75, 3.05) is 0 Å². The maximum absolute atomic E-state index is 12.7. The summed E-state index contributed by atoms with van der Waals surface area (Å²) in [5.41, 5.74) is 1.99. The molecule has 0 radical (unpaired) electrons. The Morgan fingerprint density at radius 1 is 1.35 bits per heavy atom. The van der Waals surface area contributed by atoms with Gasteiger partial charge in [0.15, 0.2) is 5.78 Å². The van der Waals surface area contributed by atoms with E-state index in [1.54, 1.807) is 19.3 Å². The first-order chi connectivity index (χ1) is 7.86. The molecule has 0 fully saturated rings. The van der Waals surface area contributed by atoms with Crippen molar-refractivity contribution in [3.8, 4) is 0 Å². The first-order valence-corrected chi connectivity index (χ1v) is 6.67. The first kappa shape index (κ1) is 14.3. The number of nitrogens with one attached hydrogen (secondary N) is 1. The van der Waals surface area contributed by atoms with Crippen molar-refractivity contribution >= 4 is 7.60 Å². The fourth-order valence-electron chi connectivity index (χ4n) is 1.34. The van der Waals surface area contributed by atoms with Crippen LogP contribution >= 0.6 is 7.60 Å². The van der Waals surface area contributed by atoms with Crippen molar-refractivity contribution in [1.82, 2.24) is 5.48 Å². The standard InChI is InChI=1S/C10H15FNO4P/c1-7(2)16-17(14,15)10(12-13)8-3-5-9(11)6-4-8/h3-7,10,12-13H,1-2H3,(H,14,15). The van der Waals surface area contributed by atoms with Gasteiger partial charge in [-0.25, -0.2) is 4.39 Å². The summed E-state index contributed by atoms with van der Waals surface area (Å²) < 4.78 is 29.4. The van der Waals surface area contributed by atoms with E-state index < -0.39 is 25.3 Å². The molecule has 1 rings (SSSR count). The van der Waals surface area contributed by atoms with Gasteiger partial charge >= 0.3 is 7.60 Å². The van der Waals surface area contributed by atoms with Crippen LogP contribution in [0, 0.1) is 5.82 Å². The summed E-state index contributed by atoms with van der Waals surface area (Å²) >= 11 is 0. The zero-order valence-corrected chi connectivity index (χ0v) is 10.4. The van der Waals surface area contributed by atoms with Gasteiger partial charge in [0.05, 0.1) is 6.10 Å². The van der Waals surface area contributed by atoms with E-state index in [-0.39, 0.29) is 5.56 Å². The number of hydrogen-bond acceptors (Lipinski definition) is 4. The van der Waals surface area contributed by atoms with Crippen LogP contribution in [0.15, 0.2) is 24.3 Å². The average Bonchev–Trinajstić information content (AvgIpc) is 2.19. The molecule has 0 bridgehead atoms. The average molecular weight is 263 g/mol. The molecule has 0 aliphatic heterocycles. The lowest BCUT2D eigenvalue weighted by Crippen LogP contribution is -2.20. The second-order valence-electron chi connectivity index (χ2n) is 3.80. The monoisotopic (exact) mass is 263 g/mol. The molecule has 0 aliphatic rings. The largest absolute Gasteiger partial charge is 0.351 e. The summed E-state index contributed by atoms with van der Waals surface area (Å²) in [6.45, 7) is 3.20. The molecule has 0 aliphatic carbocycles. The lowest BCUT2D eigenvalue weighted by Gasteiger charge is -2.23. The predicted octanol–water partition coefficient (Wildman–Crippen LogP) is 2.41. The fraction of sp³-hybridized carbons (Fsp3) is 0.400. The zero-order chi connectivity index (χ0) is 13.1. The van der Waals surface area contributed by atoms with Crippen molar-refractivity contribution < 1.29 is 23.6 Å². The predicted molar refractivity (Wildman–Crippen MR) is 60.1 cm³/mol. The van der Waals surface area contributed by atoms with E-state index >= 15 is 0 Å². The quantitative estimate of drug-likeness (QED) is 0.561. The third kappa shape index (κ3) is 3.87. The van der Waals surface area contributed by atoms with E-state index in [0.717, 1.165) is 12.1 Å². The smallest absolute Gasteiger partial charge is 0.323 e. The van der Waals surface area contributed by atoms with Gasteiger partial charge in [-0.2, -0.15) is 5.48 Å². The first-order valence-electron chi connectivity index (χ1n) is 5.03. The highest BCUT2D eigenvalue weighted by atomic mass is 31.2. The second kappa shape index (κ2) is 5.71. The van der Waals surface area contributed by atoms with Gasteiger partial charge in [0.1, 0.15) is 5.82 Å². The van der Waals surface area contributed by atoms with Crippen LogP contribution in [0.1, 0.15) is 25.2 Å². The Bertz CT molecular complexity index is 409. The molecule has 3 N–H and O–H groups in total. The normalized spacial score (nSPS) is 16.8. The van der Waals surface area contributed by atoms with Crippen molar-refractivity contribution in [3.05, 3.63) is 35.6 Å². The van der Waals surface area contributed by atoms with Gasteiger partial charge in [0, 0.05) is 0 Å². The summed E-state index contributed by atoms with van der Waals surface area (Å²) in [7, 11) is -4.08. The highest BCUT2D eigenvalue weighted by molar-refractivity contribution is 7.53. The molecule has 17 heavy (non-hydrogen) atoms. The van der Waals surface area contributed by atoms with E-state index in [9.17, 15) is 13.8 Å². The van der Waals surface area contributed by atoms with Crippen LogP contribution in [0.25, 0.3) is 0 Å². The SMILES string of the molecule is CC(C)OP(=O)(O)C(NO)c1ccc(F)cc1. The Morgan fingerprint density at radius 2 is 1.88 bits per heavy atom. The summed E-state index contributed by atoms with van der Waals surface area (Å²) in [4.78, 5) is 9.68. The number of benzene rings is 1. The molecule has 0 saturated carbocycles.